The summed E-state index contributed by atoms with van der Waals surface area (Å²) in [6.45, 7) is 7.35. The molecular formula is C18H22ClNO. The summed E-state index contributed by atoms with van der Waals surface area (Å²) in [6, 6.07) is 8.25. The molecule has 2 aromatic rings. The summed E-state index contributed by atoms with van der Waals surface area (Å²) in [6.07, 6.45) is 0. The van der Waals surface area contributed by atoms with E-state index < -0.39 is 0 Å². The second-order valence-corrected chi connectivity index (χ2v) is 7.14. The van der Waals surface area contributed by atoms with Crippen molar-refractivity contribution in [2.45, 2.75) is 38.0 Å². The predicted molar refractivity (Wildman–Crippen MR) is 91.0 cm³/mol. The van der Waals surface area contributed by atoms with E-state index in [1.165, 1.54) is 11.1 Å². The fraction of sp³-hybridized carbons (Fsp3) is 0.444. The molecule has 3 heteroatoms. The quantitative estimate of drug-likeness (QED) is 0.803. The SMILES string of the molecule is CC(C)c1ccc2c(O)cc3c(c2c1)C(C(C)Cl)CN3C. The first-order valence-electron chi connectivity index (χ1n) is 7.55. The van der Waals surface area contributed by atoms with Gasteiger partial charge in [0.15, 0.2) is 0 Å². The van der Waals surface area contributed by atoms with Crippen LogP contribution in [0.2, 0.25) is 0 Å². The number of halogens is 1. The first kappa shape index (κ1) is 14.5. The van der Waals surface area contributed by atoms with Crippen LogP contribution in [-0.2, 0) is 0 Å². The van der Waals surface area contributed by atoms with Crippen LogP contribution in [0.1, 0.15) is 43.7 Å². The Kier molecular flexibility index (Phi) is 3.53. The molecule has 2 aromatic carbocycles. The maximum absolute atomic E-state index is 10.3. The van der Waals surface area contributed by atoms with Crippen molar-refractivity contribution in [3.63, 3.8) is 0 Å². The maximum atomic E-state index is 10.3. The van der Waals surface area contributed by atoms with E-state index in [2.05, 4.69) is 44.9 Å². The Balaban J connectivity index is 2.34. The average molecular weight is 304 g/mol. The van der Waals surface area contributed by atoms with Gasteiger partial charge >= 0.3 is 0 Å². The van der Waals surface area contributed by atoms with Crippen LogP contribution in [0.4, 0.5) is 5.69 Å². The van der Waals surface area contributed by atoms with Crippen molar-refractivity contribution in [1.82, 2.24) is 0 Å². The van der Waals surface area contributed by atoms with E-state index in [-0.39, 0.29) is 5.38 Å². The minimum Gasteiger partial charge on any atom is -0.507 e. The average Bonchev–Trinajstić information content (AvgIpc) is 2.76. The summed E-state index contributed by atoms with van der Waals surface area (Å²) in [5.41, 5.74) is 3.69. The molecule has 1 aliphatic rings. The normalized spacial score (nSPS) is 19.3. The fourth-order valence-corrected chi connectivity index (χ4v) is 3.56. The number of hydrogen-bond acceptors (Lipinski definition) is 2. The van der Waals surface area contributed by atoms with Gasteiger partial charge in [0.1, 0.15) is 5.75 Å². The smallest absolute Gasteiger partial charge is 0.125 e. The zero-order chi connectivity index (χ0) is 15.3. The van der Waals surface area contributed by atoms with Crippen LogP contribution < -0.4 is 4.90 Å². The Bertz CT molecular complexity index is 693. The highest BCUT2D eigenvalue weighted by Crippen LogP contribution is 2.46. The Morgan fingerprint density at radius 3 is 2.52 bits per heavy atom. The number of likely N-dealkylation sites (N-methyl/N-ethyl adjacent to an activating group) is 1. The molecule has 1 aliphatic heterocycles. The number of hydrogen-bond donors (Lipinski definition) is 1. The highest BCUT2D eigenvalue weighted by atomic mass is 35.5. The van der Waals surface area contributed by atoms with Gasteiger partial charge in [0, 0.05) is 42.0 Å². The molecule has 1 heterocycles. The molecule has 112 valence electrons. The molecule has 0 radical (unpaired) electrons. The molecule has 0 spiro atoms. The van der Waals surface area contributed by atoms with Crippen molar-refractivity contribution in [2.24, 2.45) is 0 Å². The van der Waals surface area contributed by atoms with Gasteiger partial charge in [-0.1, -0.05) is 32.0 Å². The lowest BCUT2D eigenvalue weighted by Crippen LogP contribution is -2.19. The Hall–Kier alpha value is -1.41. The van der Waals surface area contributed by atoms with Crippen LogP contribution in [0, 0.1) is 0 Å². The van der Waals surface area contributed by atoms with E-state index in [0.717, 1.165) is 23.0 Å². The third-order valence-corrected chi connectivity index (χ3v) is 4.94. The molecule has 2 nitrogen and oxygen atoms in total. The predicted octanol–water partition coefficient (Wildman–Crippen LogP) is 4.83. The van der Waals surface area contributed by atoms with Gasteiger partial charge in [-0.05, 0) is 29.4 Å². The third kappa shape index (κ3) is 2.26. The summed E-state index contributed by atoms with van der Waals surface area (Å²) >= 11 is 6.43. The van der Waals surface area contributed by atoms with Crippen LogP contribution in [0.15, 0.2) is 24.3 Å². The number of rotatable bonds is 2. The van der Waals surface area contributed by atoms with Gasteiger partial charge in [-0.2, -0.15) is 0 Å². The lowest BCUT2D eigenvalue weighted by molar-refractivity contribution is 0.481. The molecule has 1 N–H and O–H groups in total. The molecule has 0 fully saturated rings. The molecular weight excluding hydrogens is 282 g/mol. The summed E-state index contributed by atoms with van der Waals surface area (Å²) in [5.74, 6) is 1.13. The van der Waals surface area contributed by atoms with Gasteiger partial charge < -0.3 is 10.0 Å². The van der Waals surface area contributed by atoms with Gasteiger partial charge in [-0.3, -0.25) is 0 Å². The van der Waals surface area contributed by atoms with Gasteiger partial charge in [0.25, 0.3) is 0 Å². The van der Waals surface area contributed by atoms with Crippen LogP contribution >= 0.6 is 11.6 Å². The largest absolute Gasteiger partial charge is 0.507 e. The van der Waals surface area contributed by atoms with Crippen molar-refractivity contribution < 1.29 is 5.11 Å². The maximum Gasteiger partial charge on any atom is 0.125 e. The van der Waals surface area contributed by atoms with Gasteiger partial charge in [-0.25, -0.2) is 0 Å². The van der Waals surface area contributed by atoms with Crippen LogP contribution in [0.25, 0.3) is 10.8 Å². The van der Waals surface area contributed by atoms with E-state index in [9.17, 15) is 5.11 Å². The van der Waals surface area contributed by atoms with E-state index in [1.54, 1.807) is 0 Å². The van der Waals surface area contributed by atoms with E-state index in [4.69, 9.17) is 11.6 Å². The van der Waals surface area contributed by atoms with Gasteiger partial charge in [0.05, 0.1) is 0 Å². The number of phenolic OH excluding ortho intramolecular Hbond substituents is 1. The Morgan fingerprint density at radius 1 is 1.19 bits per heavy atom. The molecule has 0 aliphatic carbocycles. The lowest BCUT2D eigenvalue weighted by atomic mass is 9.90. The summed E-state index contributed by atoms with van der Waals surface area (Å²) in [4.78, 5) is 2.19. The molecule has 0 aromatic heterocycles. The monoisotopic (exact) mass is 303 g/mol. The van der Waals surface area contributed by atoms with Crippen molar-refractivity contribution in [3.8, 4) is 5.75 Å². The van der Waals surface area contributed by atoms with Gasteiger partial charge in [-0.15, -0.1) is 11.6 Å². The number of fused-ring (bicyclic) bond motifs is 3. The minimum atomic E-state index is 0.0733. The number of anilines is 1. The number of aromatic hydroxyl groups is 1. The van der Waals surface area contributed by atoms with E-state index in [0.29, 0.717) is 17.6 Å². The molecule has 0 bridgehead atoms. The summed E-state index contributed by atoms with van der Waals surface area (Å²) < 4.78 is 0. The Labute approximate surface area is 131 Å². The van der Waals surface area contributed by atoms with Crippen molar-refractivity contribution in [3.05, 3.63) is 35.4 Å². The summed E-state index contributed by atoms with van der Waals surface area (Å²) in [7, 11) is 2.07. The van der Waals surface area contributed by atoms with Gasteiger partial charge in [0.2, 0.25) is 0 Å². The number of phenols is 1. The topological polar surface area (TPSA) is 23.5 Å². The summed E-state index contributed by atoms with van der Waals surface area (Å²) in [5, 5.41) is 12.5. The fourth-order valence-electron chi connectivity index (χ4n) is 3.36. The van der Waals surface area contributed by atoms with Crippen LogP contribution in [0.5, 0.6) is 5.75 Å². The second kappa shape index (κ2) is 5.10. The first-order valence-corrected chi connectivity index (χ1v) is 7.98. The molecule has 0 amide bonds. The van der Waals surface area contributed by atoms with E-state index >= 15 is 0 Å². The highest BCUT2D eigenvalue weighted by Gasteiger charge is 2.32. The number of nitrogens with zero attached hydrogens (tertiary/aromatic N) is 1. The lowest BCUT2D eigenvalue weighted by Gasteiger charge is -2.17. The minimum absolute atomic E-state index is 0.0733. The molecule has 0 saturated carbocycles. The zero-order valence-corrected chi connectivity index (χ0v) is 13.8. The van der Waals surface area contributed by atoms with Crippen LogP contribution in [-0.4, -0.2) is 24.1 Å². The van der Waals surface area contributed by atoms with E-state index in [1.807, 2.05) is 12.1 Å². The zero-order valence-electron chi connectivity index (χ0n) is 13.0. The molecule has 2 atom stereocenters. The van der Waals surface area contributed by atoms with Crippen molar-refractivity contribution in [1.29, 1.82) is 0 Å². The Morgan fingerprint density at radius 2 is 1.90 bits per heavy atom. The number of alkyl halides is 1. The van der Waals surface area contributed by atoms with Crippen molar-refractivity contribution >= 4 is 28.1 Å². The molecule has 0 saturated heterocycles. The highest BCUT2D eigenvalue weighted by molar-refractivity contribution is 6.21. The third-order valence-electron chi connectivity index (χ3n) is 4.63. The standard InChI is InChI=1S/C18H22ClNO/c1-10(2)12-5-6-13-14(7-12)18-15(11(3)19)9-20(4)16(18)8-17(13)21/h5-8,10-11,15,21H,9H2,1-4H3. The molecule has 21 heavy (non-hydrogen) atoms. The second-order valence-electron chi connectivity index (χ2n) is 6.45. The molecule has 3 rings (SSSR count). The van der Waals surface area contributed by atoms with Crippen LogP contribution in [0.3, 0.4) is 0 Å². The number of benzene rings is 2. The first-order chi connectivity index (χ1) is 9.90. The molecule has 2 unspecified atom stereocenters. The van der Waals surface area contributed by atoms with Crippen molar-refractivity contribution in [2.75, 3.05) is 18.5 Å².